The van der Waals surface area contributed by atoms with Crippen molar-refractivity contribution in [2.45, 2.75) is 20.0 Å². The number of benzene rings is 2. The summed E-state index contributed by atoms with van der Waals surface area (Å²) >= 11 is 0. The highest BCUT2D eigenvalue weighted by atomic mass is 19.1. The Labute approximate surface area is 132 Å². The average molecular weight is 313 g/mol. The van der Waals surface area contributed by atoms with Crippen molar-refractivity contribution in [3.05, 3.63) is 53.1 Å². The molecule has 0 fully saturated rings. The highest BCUT2D eigenvalue weighted by Gasteiger charge is 2.19. The van der Waals surface area contributed by atoms with Crippen molar-refractivity contribution < 1.29 is 14.3 Å². The van der Waals surface area contributed by atoms with Crippen LogP contribution in [0.15, 0.2) is 30.3 Å². The van der Waals surface area contributed by atoms with E-state index in [1.54, 1.807) is 12.1 Å². The number of aromatic amines is 1. The van der Waals surface area contributed by atoms with Crippen molar-refractivity contribution in [1.82, 2.24) is 9.97 Å². The largest absolute Gasteiger partial charge is 0.389 e. The Kier molecular flexibility index (Phi) is 3.61. The van der Waals surface area contributed by atoms with Crippen LogP contribution in [0.4, 0.5) is 4.39 Å². The lowest BCUT2D eigenvalue weighted by Crippen LogP contribution is -2.13. The highest BCUT2D eigenvalue weighted by Crippen LogP contribution is 2.33. The molecule has 1 heterocycles. The zero-order valence-corrected chi connectivity index (χ0v) is 12.7. The number of imidazole rings is 1. The maximum atomic E-state index is 14.3. The van der Waals surface area contributed by atoms with E-state index >= 15 is 0 Å². The second kappa shape index (κ2) is 5.48. The van der Waals surface area contributed by atoms with Gasteiger partial charge in [0.2, 0.25) is 5.91 Å². The molecule has 0 saturated heterocycles. The van der Waals surface area contributed by atoms with Gasteiger partial charge in [0.1, 0.15) is 11.6 Å². The van der Waals surface area contributed by atoms with Crippen molar-refractivity contribution in [2.75, 3.05) is 0 Å². The van der Waals surface area contributed by atoms with Gasteiger partial charge in [0.05, 0.1) is 17.1 Å². The average Bonchev–Trinajstić information content (AvgIpc) is 2.84. The Balaban J connectivity index is 2.28. The molecule has 5 nitrogen and oxygen atoms in total. The van der Waals surface area contributed by atoms with E-state index in [0.29, 0.717) is 11.1 Å². The fraction of sp³-hybridized carbons (Fsp3) is 0.176. The van der Waals surface area contributed by atoms with Gasteiger partial charge in [0, 0.05) is 11.1 Å². The third-order valence-corrected chi connectivity index (χ3v) is 3.74. The number of nitrogens with two attached hydrogens (primary N) is 1. The molecule has 0 saturated carbocycles. The number of carbonyl (C=O) groups excluding carboxylic acids is 1. The van der Waals surface area contributed by atoms with Crippen LogP contribution < -0.4 is 5.73 Å². The number of amides is 1. The van der Waals surface area contributed by atoms with Gasteiger partial charge in [-0.3, -0.25) is 4.79 Å². The highest BCUT2D eigenvalue weighted by molar-refractivity contribution is 5.95. The van der Waals surface area contributed by atoms with Crippen molar-refractivity contribution in [1.29, 1.82) is 0 Å². The fourth-order valence-corrected chi connectivity index (χ4v) is 2.72. The zero-order valence-electron chi connectivity index (χ0n) is 12.7. The lowest BCUT2D eigenvalue weighted by molar-refractivity contribution is 0.0999. The lowest BCUT2D eigenvalue weighted by atomic mass is 9.93. The number of aliphatic hydroxyl groups is 1. The Hall–Kier alpha value is -2.73. The summed E-state index contributed by atoms with van der Waals surface area (Å²) in [5, 5.41) is 9.92. The minimum absolute atomic E-state index is 0.0557. The number of primary amides is 1. The number of carbonyl (C=O) groups is 1. The summed E-state index contributed by atoms with van der Waals surface area (Å²) in [6, 6.07) is 7.93. The maximum Gasteiger partial charge on any atom is 0.248 e. The second-order valence-corrected chi connectivity index (χ2v) is 5.51. The van der Waals surface area contributed by atoms with Gasteiger partial charge in [-0.25, -0.2) is 9.37 Å². The summed E-state index contributed by atoms with van der Waals surface area (Å²) in [6.45, 7) is 3.32. The molecule has 118 valence electrons. The Morgan fingerprint density at radius 1 is 1.35 bits per heavy atom. The van der Waals surface area contributed by atoms with E-state index in [1.807, 2.05) is 13.0 Å². The molecule has 2 aromatic carbocycles. The monoisotopic (exact) mass is 313 g/mol. The molecule has 3 aromatic rings. The first kappa shape index (κ1) is 15.2. The van der Waals surface area contributed by atoms with Crippen molar-refractivity contribution in [3.8, 4) is 11.1 Å². The van der Waals surface area contributed by atoms with Gasteiger partial charge >= 0.3 is 0 Å². The first-order valence-corrected chi connectivity index (χ1v) is 7.15. The SMILES string of the molecule is Cc1nc2cc(-c3cc(C(N)=O)cc(F)c3C(C)O)ccc2[nH]1. The van der Waals surface area contributed by atoms with Crippen LogP contribution in [0.25, 0.3) is 22.2 Å². The number of aromatic nitrogens is 2. The predicted molar refractivity (Wildman–Crippen MR) is 85.4 cm³/mol. The van der Waals surface area contributed by atoms with Crippen LogP contribution in [-0.4, -0.2) is 21.0 Å². The van der Waals surface area contributed by atoms with Crippen LogP contribution >= 0.6 is 0 Å². The van der Waals surface area contributed by atoms with Gasteiger partial charge < -0.3 is 15.8 Å². The number of halogens is 1. The van der Waals surface area contributed by atoms with E-state index in [2.05, 4.69) is 9.97 Å². The number of aliphatic hydroxyl groups excluding tert-OH is 1. The fourth-order valence-electron chi connectivity index (χ4n) is 2.72. The molecule has 0 aliphatic heterocycles. The van der Waals surface area contributed by atoms with E-state index < -0.39 is 17.8 Å². The quantitative estimate of drug-likeness (QED) is 0.694. The van der Waals surface area contributed by atoms with Crippen molar-refractivity contribution in [2.24, 2.45) is 5.73 Å². The molecular weight excluding hydrogens is 297 g/mol. The van der Waals surface area contributed by atoms with Crippen molar-refractivity contribution in [3.63, 3.8) is 0 Å². The predicted octanol–water partition coefficient (Wildman–Crippen LogP) is 2.83. The number of nitrogens with one attached hydrogen (secondary N) is 1. The number of hydrogen-bond acceptors (Lipinski definition) is 3. The molecule has 1 aromatic heterocycles. The third-order valence-electron chi connectivity index (χ3n) is 3.74. The Morgan fingerprint density at radius 3 is 2.74 bits per heavy atom. The number of fused-ring (bicyclic) bond motifs is 1. The number of nitrogens with zero attached hydrogens (tertiary/aromatic N) is 1. The smallest absolute Gasteiger partial charge is 0.248 e. The summed E-state index contributed by atoms with van der Waals surface area (Å²) in [4.78, 5) is 18.9. The number of aryl methyl sites for hydroxylation is 1. The van der Waals surface area contributed by atoms with Gasteiger partial charge in [-0.05, 0) is 49.2 Å². The van der Waals surface area contributed by atoms with Crippen LogP contribution in [0.5, 0.6) is 0 Å². The summed E-state index contributed by atoms with van der Waals surface area (Å²) in [5.74, 6) is -0.617. The van der Waals surface area contributed by atoms with Gasteiger partial charge in [-0.15, -0.1) is 0 Å². The molecule has 23 heavy (non-hydrogen) atoms. The van der Waals surface area contributed by atoms with Gasteiger partial charge in [-0.1, -0.05) is 6.07 Å². The normalized spacial score (nSPS) is 12.5. The van der Waals surface area contributed by atoms with Crippen LogP contribution in [0.1, 0.15) is 34.8 Å². The first-order valence-electron chi connectivity index (χ1n) is 7.15. The molecule has 6 heteroatoms. The minimum Gasteiger partial charge on any atom is -0.389 e. The van der Waals surface area contributed by atoms with Crippen LogP contribution in [-0.2, 0) is 0 Å². The van der Waals surface area contributed by atoms with E-state index in [-0.39, 0.29) is 11.1 Å². The standard InChI is InChI=1S/C17H16FN3O2/c1-8(22)16-12(5-11(17(19)23)6-13(16)18)10-3-4-14-15(7-10)21-9(2)20-14/h3-8,22H,1-2H3,(H2,19,23)(H,20,21). The number of hydrogen-bond donors (Lipinski definition) is 3. The first-order chi connectivity index (χ1) is 10.9. The van der Waals surface area contributed by atoms with E-state index in [1.165, 1.54) is 13.0 Å². The second-order valence-electron chi connectivity index (χ2n) is 5.51. The molecule has 3 rings (SSSR count). The van der Waals surface area contributed by atoms with Gasteiger partial charge in [-0.2, -0.15) is 0 Å². The summed E-state index contributed by atoms with van der Waals surface area (Å²) < 4.78 is 14.3. The zero-order chi connectivity index (χ0) is 16.7. The molecule has 1 amide bonds. The molecular formula is C17H16FN3O2. The van der Waals surface area contributed by atoms with Crippen LogP contribution in [0, 0.1) is 12.7 Å². The molecule has 0 bridgehead atoms. The molecule has 0 spiro atoms. The molecule has 1 atom stereocenters. The molecule has 4 N–H and O–H groups in total. The lowest BCUT2D eigenvalue weighted by Gasteiger charge is -2.15. The van der Waals surface area contributed by atoms with Gasteiger partial charge in [0.25, 0.3) is 0 Å². The third kappa shape index (κ3) is 2.68. The number of H-pyrrole nitrogens is 1. The van der Waals surface area contributed by atoms with Crippen molar-refractivity contribution >= 4 is 16.9 Å². The summed E-state index contributed by atoms with van der Waals surface area (Å²) in [7, 11) is 0. The molecule has 0 aliphatic rings. The Morgan fingerprint density at radius 2 is 2.09 bits per heavy atom. The van der Waals surface area contributed by atoms with Crippen LogP contribution in [0.2, 0.25) is 0 Å². The topological polar surface area (TPSA) is 92.0 Å². The van der Waals surface area contributed by atoms with Gasteiger partial charge in [0.15, 0.2) is 0 Å². The Bertz CT molecular complexity index is 916. The summed E-state index contributed by atoms with van der Waals surface area (Å²) in [5.41, 5.74) is 8.11. The summed E-state index contributed by atoms with van der Waals surface area (Å²) in [6.07, 6.45) is -1.02. The molecule has 0 aliphatic carbocycles. The van der Waals surface area contributed by atoms with E-state index in [4.69, 9.17) is 5.73 Å². The molecule has 1 unspecified atom stereocenters. The van der Waals surface area contributed by atoms with Crippen LogP contribution in [0.3, 0.4) is 0 Å². The number of rotatable bonds is 3. The minimum atomic E-state index is -1.02. The molecule has 0 radical (unpaired) electrons. The maximum absolute atomic E-state index is 14.3. The van der Waals surface area contributed by atoms with E-state index in [0.717, 1.165) is 22.9 Å². The van der Waals surface area contributed by atoms with E-state index in [9.17, 15) is 14.3 Å².